The Hall–Kier alpha value is -1.10. The predicted octanol–water partition coefficient (Wildman–Crippen LogP) is 2.14. The highest BCUT2D eigenvalue weighted by atomic mass is 32.1. The summed E-state index contributed by atoms with van der Waals surface area (Å²) in [6, 6.07) is 0.0982. The van der Waals surface area contributed by atoms with Crippen molar-refractivity contribution in [2.45, 2.75) is 32.7 Å². The molecule has 4 nitrogen and oxygen atoms in total. The molecule has 0 radical (unpaired) electrons. The summed E-state index contributed by atoms with van der Waals surface area (Å²) in [5, 5.41) is 1.22. The van der Waals surface area contributed by atoms with Crippen LogP contribution in [0.3, 0.4) is 0 Å². The van der Waals surface area contributed by atoms with Crippen LogP contribution < -0.4 is 0 Å². The van der Waals surface area contributed by atoms with Gasteiger partial charge < -0.3 is 9.80 Å². The van der Waals surface area contributed by atoms with E-state index in [1.165, 1.54) is 15.6 Å². The number of aromatic nitrogens is 1. The van der Waals surface area contributed by atoms with Crippen molar-refractivity contribution in [1.82, 2.24) is 14.8 Å². The van der Waals surface area contributed by atoms with Gasteiger partial charge in [0.15, 0.2) is 0 Å². The third-order valence-electron chi connectivity index (χ3n) is 2.89. The first-order valence-corrected chi connectivity index (χ1v) is 6.87. The number of hydrogen-bond donors (Lipinski definition) is 0. The molecule has 1 aliphatic rings. The Balaban J connectivity index is 2.10. The summed E-state index contributed by atoms with van der Waals surface area (Å²) in [6.45, 7) is 3.69. The van der Waals surface area contributed by atoms with Crippen molar-refractivity contribution in [2.75, 3.05) is 20.6 Å². The molecular formula is C12H19N3OS. The van der Waals surface area contributed by atoms with E-state index in [1.807, 2.05) is 4.90 Å². The van der Waals surface area contributed by atoms with E-state index in [1.54, 1.807) is 30.3 Å². The largest absolute Gasteiger partial charge is 0.331 e. The van der Waals surface area contributed by atoms with Crippen LogP contribution in [0.25, 0.3) is 0 Å². The predicted molar refractivity (Wildman–Crippen MR) is 69.3 cm³/mol. The summed E-state index contributed by atoms with van der Waals surface area (Å²) in [5.74, 6) is 0. The number of carbonyl (C=O) groups excluding carboxylic acids is 1. The normalized spacial score (nSPS) is 14.6. The highest BCUT2D eigenvalue weighted by Gasteiger charge is 2.24. The summed E-state index contributed by atoms with van der Waals surface area (Å²) in [6.07, 6.45) is 3.08. The quantitative estimate of drug-likeness (QED) is 0.809. The van der Waals surface area contributed by atoms with E-state index in [0.29, 0.717) is 0 Å². The van der Waals surface area contributed by atoms with Crippen molar-refractivity contribution in [1.29, 1.82) is 0 Å². The zero-order valence-corrected chi connectivity index (χ0v) is 11.5. The molecule has 0 N–H and O–H groups in total. The summed E-state index contributed by atoms with van der Waals surface area (Å²) >= 11 is 1.77. The van der Waals surface area contributed by atoms with Gasteiger partial charge in [-0.2, -0.15) is 0 Å². The molecule has 0 bridgehead atoms. The molecule has 94 valence electrons. The molecule has 0 fully saturated rings. The van der Waals surface area contributed by atoms with Crippen LogP contribution in [0.5, 0.6) is 0 Å². The topological polar surface area (TPSA) is 36.4 Å². The van der Waals surface area contributed by atoms with Crippen LogP contribution in [-0.2, 0) is 19.4 Å². The van der Waals surface area contributed by atoms with Gasteiger partial charge in [0, 0.05) is 31.9 Å². The Labute approximate surface area is 106 Å². The summed E-state index contributed by atoms with van der Waals surface area (Å²) in [7, 11) is 3.60. The maximum Gasteiger partial charge on any atom is 0.319 e. The molecule has 0 spiro atoms. The third kappa shape index (κ3) is 2.60. The fourth-order valence-electron chi connectivity index (χ4n) is 2.02. The second kappa shape index (κ2) is 5.04. The van der Waals surface area contributed by atoms with Gasteiger partial charge in [0.1, 0.15) is 0 Å². The van der Waals surface area contributed by atoms with Crippen molar-refractivity contribution in [3.05, 3.63) is 15.6 Å². The van der Waals surface area contributed by atoms with Gasteiger partial charge in [-0.25, -0.2) is 9.78 Å². The number of thiazole rings is 1. The summed E-state index contributed by atoms with van der Waals surface area (Å²) < 4.78 is 0. The molecular weight excluding hydrogens is 234 g/mol. The summed E-state index contributed by atoms with van der Waals surface area (Å²) in [4.78, 5) is 21.3. The highest BCUT2D eigenvalue weighted by molar-refractivity contribution is 7.11. The van der Waals surface area contributed by atoms with E-state index in [4.69, 9.17) is 0 Å². The second-order valence-corrected chi connectivity index (χ2v) is 5.74. The molecule has 0 aromatic carbocycles. The highest BCUT2D eigenvalue weighted by Crippen LogP contribution is 2.26. The molecule has 0 aliphatic carbocycles. The van der Waals surface area contributed by atoms with Crippen LogP contribution >= 0.6 is 11.3 Å². The van der Waals surface area contributed by atoms with Gasteiger partial charge in [-0.3, -0.25) is 0 Å². The van der Waals surface area contributed by atoms with Crippen LogP contribution in [-0.4, -0.2) is 41.5 Å². The van der Waals surface area contributed by atoms with Gasteiger partial charge >= 0.3 is 6.03 Å². The van der Waals surface area contributed by atoms with Crippen LogP contribution in [0.4, 0.5) is 4.79 Å². The molecule has 2 rings (SSSR count). The van der Waals surface area contributed by atoms with E-state index in [-0.39, 0.29) is 6.03 Å². The van der Waals surface area contributed by atoms with Gasteiger partial charge in [-0.05, 0) is 12.8 Å². The smallest absolute Gasteiger partial charge is 0.319 e. The van der Waals surface area contributed by atoms with Crippen molar-refractivity contribution in [3.63, 3.8) is 0 Å². The molecule has 1 aromatic rings. The van der Waals surface area contributed by atoms with E-state index in [9.17, 15) is 4.79 Å². The number of rotatable bonds is 2. The van der Waals surface area contributed by atoms with Crippen LogP contribution in [0.1, 0.15) is 28.9 Å². The van der Waals surface area contributed by atoms with Crippen molar-refractivity contribution >= 4 is 17.4 Å². The molecule has 5 heteroatoms. The number of aryl methyl sites for hydroxylation is 1. The lowest BCUT2D eigenvalue weighted by Crippen LogP contribution is -2.41. The lowest BCUT2D eigenvalue weighted by molar-refractivity contribution is 0.166. The molecule has 1 aliphatic heterocycles. The molecule has 0 saturated carbocycles. The van der Waals surface area contributed by atoms with E-state index >= 15 is 0 Å². The molecule has 0 unspecified atom stereocenters. The number of fused-ring (bicyclic) bond motifs is 1. The number of nitrogens with zero attached hydrogens (tertiary/aromatic N) is 3. The molecule has 17 heavy (non-hydrogen) atoms. The monoisotopic (exact) mass is 253 g/mol. The van der Waals surface area contributed by atoms with Gasteiger partial charge in [0.25, 0.3) is 0 Å². The van der Waals surface area contributed by atoms with Crippen molar-refractivity contribution in [2.24, 2.45) is 0 Å². The van der Waals surface area contributed by atoms with E-state index < -0.39 is 0 Å². The van der Waals surface area contributed by atoms with Crippen LogP contribution in [0, 0.1) is 0 Å². The number of urea groups is 1. The lowest BCUT2D eigenvalue weighted by atomic mass is 10.2. The third-order valence-corrected chi connectivity index (χ3v) is 4.03. The maximum atomic E-state index is 11.9. The Morgan fingerprint density at radius 3 is 2.94 bits per heavy atom. The molecule has 0 saturated heterocycles. The zero-order chi connectivity index (χ0) is 12.4. The first-order valence-electron chi connectivity index (χ1n) is 6.05. The SMILES string of the molecule is CCCc1nc2c(s1)CN(C(=O)N(C)C)CC2. The number of amides is 2. The van der Waals surface area contributed by atoms with Crippen molar-refractivity contribution < 1.29 is 4.79 Å². The number of hydrogen-bond acceptors (Lipinski definition) is 3. The zero-order valence-electron chi connectivity index (χ0n) is 10.7. The van der Waals surface area contributed by atoms with E-state index in [0.717, 1.165) is 32.4 Å². The Bertz CT molecular complexity index is 414. The minimum Gasteiger partial charge on any atom is -0.331 e. The van der Waals surface area contributed by atoms with Gasteiger partial charge in [0.2, 0.25) is 0 Å². The van der Waals surface area contributed by atoms with Gasteiger partial charge in [-0.1, -0.05) is 6.92 Å². The minimum atomic E-state index is 0.0982. The average molecular weight is 253 g/mol. The van der Waals surface area contributed by atoms with Gasteiger partial charge in [-0.15, -0.1) is 11.3 Å². The fourth-order valence-corrected chi connectivity index (χ4v) is 3.25. The fraction of sp³-hybridized carbons (Fsp3) is 0.667. The first kappa shape index (κ1) is 12.4. The molecule has 2 amide bonds. The minimum absolute atomic E-state index is 0.0982. The van der Waals surface area contributed by atoms with Crippen LogP contribution in [0.2, 0.25) is 0 Å². The number of carbonyl (C=O) groups is 1. The Morgan fingerprint density at radius 2 is 2.29 bits per heavy atom. The lowest BCUT2D eigenvalue weighted by Gasteiger charge is -2.28. The summed E-state index contributed by atoms with van der Waals surface area (Å²) in [5.41, 5.74) is 1.21. The first-order chi connectivity index (χ1) is 8.11. The molecule has 0 atom stereocenters. The maximum absolute atomic E-state index is 11.9. The molecule has 2 heterocycles. The van der Waals surface area contributed by atoms with Crippen molar-refractivity contribution in [3.8, 4) is 0 Å². The molecule has 1 aromatic heterocycles. The Morgan fingerprint density at radius 1 is 1.53 bits per heavy atom. The van der Waals surface area contributed by atoms with Gasteiger partial charge in [0.05, 0.1) is 17.2 Å². The van der Waals surface area contributed by atoms with Crippen LogP contribution in [0.15, 0.2) is 0 Å². The second-order valence-electron chi connectivity index (χ2n) is 4.58. The average Bonchev–Trinajstić information content (AvgIpc) is 2.69. The standard InChI is InChI=1S/C12H19N3OS/c1-4-5-11-13-9-6-7-15(8-10(9)17-11)12(16)14(2)3/h4-8H2,1-3H3. The Kier molecular flexibility index (Phi) is 3.66. The van der Waals surface area contributed by atoms with E-state index in [2.05, 4.69) is 11.9 Å².